The number of nitrogens with one attached hydrogen (secondary N) is 2. The molecular weight excluding hydrogens is 438 g/mol. The van der Waals surface area contributed by atoms with Crippen LogP contribution in [0.4, 0.5) is 0 Å². The Morgan fingerprint density at radius 1 is 0.971 bits per heavy atom. The Labute approximate surface area is 199 Å². The lowest BCUT2D eigenvalue weighted by molar-refractivity contribution is -0.117. The molecule has 0 aliphatic rings. The second-order valence-corrected chi connectivity index (χ2v) is 7.56. The number of hydrogen-bond donors (Lipinski definition) is 4. The third kappa shape index (κ3) is 6.79. The van der Waals surface area contributed by atoms with Crippen molar-refractivity contribution in [1.82, 2.24) is 15.6 Å². The van der Waals surface area contributed by atoms with Crippen LogP contribution in [-0.2, 0) is 11.3 Å². The molecule has 0 aromatic heterocycles. The van der Waals surface area contributed by atoms with Crippen LogP contribution in [0.3, 0.4) is 0 Å². The van der Waals surface area contributed by atoms with Crippen molar-refractivity contribution in [3.05, 3.63) is 64.5 Å². The van der Waals surface area contributed by atoms with E-state index in [4.69, 9.17) is 25.8 Å². The number of nitrogens with zero attached hydrogens (tertiary/aromatic N) is 1. The summed E-state index contributed by atoms with van der Waals surface area (Å²) in [5.74, 6) is 6.11. The van der Waals surface area contributed by atoms with E-state index in [9.17, 15) is 9.59 Å². The normalized spacial score (nSPS) is 10.9. The van der Waals surface area contributed by atoms with Gasteiger partial charge >= 0.3 is 0 Å². The molecule has 0 saturated carbocycles. The number of carbonyl (C=O) groups is 2. The Morgan fingerprint density at radius 3 is 2.29 bits per heavy atom. The summed E-state index contributed by atoms with van der Waals surface area (Å²) in [5, 5.41) is 6.74. The molecule has 2 rings (SSSR count). The maximum atomic E-state index is 12.6. The number of aryl methyl sites for hydroxylation is 2. The van der Waals surface area contributed by atoms with Crippen LogP contribution in [0.1, 0.15) is 27.0 Å². The van der Waals surface area contributed by atoms with E-state index in [1.807, 2.05) is 32.0 Å². The van der Waals surface area contributed by atoms with Crippen molar-refractivity contribution in [2.24, 2.45) is 11.6 Å². The van der Waals surface area contributed by atoms with Crippen LogP contribution in [0.5, 0.6) is 17.2 Å². The first kappa shape index (κ1) is 26.3. The van der Waals surface area contributed by atoms with Crippen molar-refractivity contribution in [2.75, 3.05) is 34.4 Å². The van der Waals surface area contributed by atoms with Gasteiger partial charge in [0.2, 0.25) is 5.75 Å². The van der Waals surface area contributed by atoms with E-state index < -0.39 is 5.91 Å². The van der Waals surface area contributed by atoms with Gasteiger partial charge in [-0.25, -0.2) is 5.84 Å². The van der Waals surface area contributed by atoms with Crippen molar-refractivity contribution in [3.8, 4) is 17.2 Å². The first-order valence-corrected chi connectivity index (χ1v) is 10.6. The summed E-state index contributed by atoms with van der Waals surface area (Å²) >= 11 is 0. The van der Waals surface area contributed by atoms with Gasteiger partial charge in [-0.3, -0.25) is 9.59 Å². The van der Waals surface area contributed by atoms with E-state index in [0.29, 0.717) is 18.0 Å². The van der Waals surface area contributed by atoms with Gasteiger partial charge in [0, 0.05) is 19.3 Å². The number of ether oxygens (including phenoxy) is 3. The van der Waals surface area contributed by atoms with Crippen LogP contribution < -0.4 is 36.4 Å². The summed E-state index contributed by atoms with van der Waals surface area (Å²) in [7, 11) is 4.40. The number of benzene rings is 2. The number of methoxy groups -OCH3 is 3. The first-order chi connectivity index (χ1) is 16.2. The fraction of sp³-hybridized carbons (Fsp3) is 0.333. The van der Waals surface area contributed by atoms with Crippen LogP contribution in [0.15, 0.2) is 42.2 Å². The molecule has 2 aromatic carbocycles. The zero-order valence-corrected chi connectivity index (χ0v) is 20.2. The fourth-order valence-corrected chi connectivity index (χ4v) is 3.17. The second kappa shape index (κ2) is 12.4. The smallest absolute Gasteiger partial charge is 0.268 e. The van der Waals surface area contributed by atoms with E-state index in [-0.39, 0.29) is 36.0 Å². The van der Waals surface area contributed by atoms with Crippen LogP contribution in [-0.4, -0.2) is 51.2 Å². The Hall–Kier alpha value is -3.92. The first-order valence-electron chi connectivity index (χ1n) is 10.6. The molecule has 6 N–H and O–H groups in total. The SMILES string of the molecule is COc1ccc(C(=O)NCCN(N)/C=C(\N)C(=O)NCc2ccc(C)c(C)c2)c(OC)c1OC. The van der Waals surface area contributed by atoms with Crippen molar-refractivity contribution < 1.29 is 23.8 Å². The average Bonchev–Trinajstić information content (AvgIpc) is 2.83. The Kier molecular flexibility index (Phi) is 9.57. The molecule has 0 radical (unpaired) electrons. The Morgan fingerprint density at radius 2 is 1.68 bits per heavy atom. The van der Waals surface area contributed by atoms with Crippen LogP contribution in [0, 0.1) is 13.8 Å². The van der Waals surface area contributed by atoms with Crippen molar-refractivity contribution in [3.63, 3.8) is 0 Å². The number of hydrogen-bond acceptors (Lipinski definition) is 8. The minimum absolute atomic E-state index is 0.0424. The van der Waals surface area contributed by atoms with Gasteiger partial charge < -0.3 is 35.6 Å². The largest absolute Gasteiger partial charge is 0.493 e. The summed E-state index contributed by atoms with van der Waals surface area (Å²) in [4.78, 5) is 24.9. The highest BCUT2D eigenvalue weighted by Crippen LogP contribution is 2.39. The third-order valence-electron chi connectivity index (χ3n) is 5.20. The van der Waals surface area contributed by atoms with E-state index in [2.05, 4.69) is 10.6 Å². The molecule has 0 aliphatic heterocycles. The maximum Gasteiger partial charge on any atom is 0.268 e. The topological polar surface area (TPSA) is 141 Å². The van der Waals surface area contributed by atoms with Crippen molar-refractivity contribution in [2.45, 2.75) is 20.4 Å². The minimum Gasteiger partial charge on any atom is -0.493 e. The molecule has 0 fully saturated rings. The quantitative estimate of drug-likeness (QED) is 0.219. The van der Waals surface area contributed by atoms with Crippen LogP contribution >= 0.6 is 0 Å². The number of carbonyl (C=O) groups excluding carboxylic acids is 2. The molecule has 0 bridgehead atoms. The molecule has 0 spiro atoms. The van der Waals surface area contributed by atoms with Crippen LogP contribution in [0.25, 0.3) is 0 Å². The molecule has 10 heteroatoms. The number of rotatable bonds is 11. The van der Waals surface area contributed by atoms with E-state index in [1.165, 1.54) is 38.1 Å². The van der Waals surface area contributed by atoms with E-state index in [1.54, 1.807) is 12.1 Å². The molecule has 0 saturated heterocycles. The molecular formula is C24H33N5O5. The molecule has 0 unspecified atom stereocenters. The predicted octanol–water partition coefficient (Wildman–Crippen LogP) is 1.35. The van der Waals surface area contributed by atoms with Gasteiger partial charge in [0.1, 0.15) is 5.70 Å². The highest BCUT2D eigenvalue weighted by Gasteiger charge is 2.20. The zero-order chi connectivity index (χ0) is 25.3. The van der Waals surface area contributed by atoms with Gasteiger partial charge in [-0.15, -0.1) is 0 Å². The van der Waals surface area contributed by atoms with Gasteiger partial charge in [-0.2, -0.15) is 0 Å². The lowest BCUT2D eigenvalue weighted by atomic mass is 10.1. The Bertz CT molecular complexity index is 1050. The third-order valence-corrected chi connectivity index (χ3v) is 5.20. The molecule has 10 nitrogen and oxygen atoms in total. The highest BCUT2D eigenvalue weighted by atomic mass is 16.5. The average molecular weight is 472 g/mol. The number of amides is 2. The molecule has 2 amide bonds. The van der Waals surface area contributed by atoms with Gasteiger partial charge in [-0.05, 0) is 42.7 Å². The second-order valence-electron chi connectivity index (χ2n) is 7.56. The zero-order valence-electron chi connectivity index (χ0n) is 20.2. The van der Waals surface area contributed by atoms with Gasteiger partial charge in [-0.1, -0.05) is 18.2 Å². The molecule has 34 heavy (non-hydrogen) atoms. The van der Waals surface area contributed by atoms with Crippen molar-refractivity contribution >= 4 is 11.8 Å². The van der Waals surface area contributed by atoms with E-state index in [0.717, 1.165) is 11.1 Å². The lowest BCUT2D eigenvalue weighted by Gasteiger charge is -2.17. The summed E-state index contributed by atoms with van der Waals surface area (Å²) in [6.07, 6.45) is 1.32. The molecule has 2 aromatic rings. The molecule has 0 atom stereocenters. The fourth-order valence-electron chi connectivity index (χ4n) is 3.17. The predicted molar refractivity (Wildman–Crippen MR) is 129 cm³/mol. The summed E-state index contributed by atoms with van der Waals surface area (Å²) < 4.78 is 15.9. The summed E-state index contributed by atoms with van der Waals surface area (Å²) in [6, 6.07) is 9.16. The standard InChI is InChI=1S/C24H33N5O5/c1-15-6-7-17(12-16(15)2)13-28-24(31)19(25)14-29(26)11-10-27-23(30)18-8-9-20(32-3)22(34-5)21(18)33-4/h6-9,12,14H,10-11,13,25-26H2,1-5H3,(H,27,30)(H,28,31)/b19-14-. The summed E-state index contributed by atoms with van der Waals surface area (Å²) in [6.45, 7) is 4.80. The minimum atomic E-state index is -0.437. The van der Waals surface area contributed by atoms with Gasteiger partial charge in [0.05, 0.1) is 33.4 Å². The van der Waals surface area contributed by atoms with Crippen molar-refractivity contribution in [1.29, 1.82) is 0 Å². The Balaban J connectivity index is 1.89. The number of nitrogens with two attached hydrogens (primary N) is 2. The lowest BCUT2D eigenvalue weighted by Crippen LogP contribution is -2.38. The number of hydrazine groups is 1. The van der Waals surface area contributed by atoms with E-state index >= 15 is 0 Å². The maximum absolute atomic E-state index is 12.6. The highest BCUT2D eigenvalue weighted by molar-refractivity contribution is 5.98. The summed E-state index contributed by atoms with van der Waals surface area (Å²) in [5.41, 5.74) is 9.40. The molecule has 0 heterocycles. The van der Waals surface area contributed by atoms with Crippen LogP contribution in [0.2, 0.25) is 0 Å². The molecule has 0 aliphatic carbocycles. The van der Waals surface area contributed by atoms with Gasteiger partial charge in [0.25, 0.3) is 11.8 Å². The van der Waals surface area contributed by atoms with Gasteiger partial charge in [0.15, 0.2) is 11.5 Å². The molecule has 184 valence electrons. The monoisotopic (exact) mass is 471 g/mol.